The number of thiazole rings is 1. The van der Waals surface area contributed by atoms with Crippen molar-refractivity contribution in [2.24, 2.45) is 0 Å². The SMILES string of the molecule is CN(C)c1nc2sc(C(=O)N[C@H]3CCCNC3)cc2s1.Cl.Cl. The van der Waals surface area contributed by atoms with E-state index in [4.69, 9.17) is 0 Å². The Hall–Kier alpha value is -0.600. The summed E-state index contributed by atoms with van der Waals surface area (Å²) in [6, 6.07) is 2.21. The molecule has 9 heteroatoms. The van der Waals surface area contributed by atoms with Crippen LogP contribution in [0.25, 0.3) is 9.53 Å². The van der Waals surface area contributed by atoms with E-state index in [1.165, 1.54) is 11.3 Å². The molecule has 3 heterocycles. The molecule has 1 saturated heterocycles. The molecule has 0 unspecified atom stereocenters. The predicted octanol–water partition coefficient (Wildman–Crippen LogP) is 2.75. The van der Waals surface area contributed by atoms with E-state index in [2.05, 4.69) is 15.6 Å². The van der Waals surface area contributed by atoms with Crippen molar-refractivity contribution in [3.63, 3.8) is 0 Å². The van der Waals surface area contributed by atoms with Crippen LogP contribution in [-0.2, 0) is 0 Å². The van der Waals surface area contributed by atoms with Gasteiger partial charge in [0.05, 0.1) is 9.58 Å². The summed E-state index contributed by atoms with van der Waals surface area (Å²) in [7, 11) is 3.96. The monoisotopic (exact) mass is 382 g/mol. The van der Waals surface area contributed by atoms with Gasteiger partial charge in [0.15, 0.2) is 5.13 Å². The zero-order valence-electron chi connectivity index (χ0n) is 12.4. The lowest BCUT2D eigenvalue weighted by atomic mass is 10.1. The van der Waals surface area contributed by atoms with Gasteiger partial charge in [-0.25, -0.2) is 4.98 Å². The fourth-order valence-corrected chi connectivity index (χ4v) is 4.30. The Bertz CT molecular complexity index is 591. The van der Waals surface area contributed by atoms with Crippen LogP contribution in [0.2, 0.25) is 0 Å². The summed E-state index contributed by atoms with van der Waals surface area (Å²) in [4.78, 5) is 20.5. The van der Waals surface area contributed by atoms with Gasteiger partial charge in [-0.05, 0) is 25.5 Å². The third-order valence-corrected chi connectivity index (χ3v) is 5.64. The van der Waals surface area contributed by atoms with Crippen LogP contribution in [0.5, 0.6) is 0 Å². The van der Waals surface area contributed by atoms with Crippen molar-refractivity contribution >= 4 is 68.1 Å². The quantitative estimate of drug-likeness (QED) is 0.856. The third-order valence-electron chi connectivity index (χ3n) is 3.32. The summed E-state index contributed by atoms with van der Waals surface area (Å²) >= 11 is 3.09. The minimum Gasteiger partial charge on any atom is -0.354 e. The van der Waals surface area contributed by atoms with Gasteiger partial charge in [0.25, 0.3) is 5.91 Å². The molecule has 0 aliphatic carbocycles. The lowest BCUT2D eigenvalue weighted by Gasteiger charge is -2.23. The minimum absolute atomic E-state index is 0. The van der Waals surface area contributed by atoms with Gasteiger partial charge in [0.1, 0.15) is 4.83 Å². The fraction of sp³-hybridized carbons (Fsp3) is 0.538. The summed E-state index contributed by atoms with van der Waals surface area (Å²) in [5, 5.41) is 7.39. The molecule has 2 aromatic rings. The van der Waals surface area contributed by atoms with E-state index < -0.39 is 0 Å². The van der Waals surface area contributed by atoms with Crippen molar-refractivity contribution in [3.05, 3.63) is 10.9 Å². The lowest BCUT2D eigenvalue weighted by Crippen LogP contribution is -2.45. The molecule has 0 radical (unpaired) electrons. The van der Waals surface area contributed by atoms with Crippen molar-refractivity contribution in [2.45, 2.75) is 18.9 Å². The summed E-state index contributed by atoms with van der Waals surface area (Å²) in [6.07, 6.45) is 2.18. The number of thiophene rings is 1. The maximum Gasteiger partial charge on any atom is 0.261 e. The number of anilines is 1. The first-order chi connectivity index (χ1) is 9.63. The van der Waals surface area contributed by atoms with E-state index in [0.717, 1.165) is 45.5 Å². The van der Waals surface area contributed by atoms with Gasteiger partial charge in [-0.2, -0.15) is 0 Å². The number of halogens is 2. The Labute approximate surface area is 150 Å². The summed E-state index contributed by atoms with van der Waals surface area (Å²) < 4.78 is 1.09. The van der Waals surface area contributed by atoms with Crippen LogP contribution in [0.1, 0.15) is 22.5 Å². The molecule has 1 fully saturated rings. The molecule has 0 saturated carbocycles. The zero-order chi connectivity index (χ0) is 14.1. The average Bonchev–Trinajstić information content (AvgIpc) is 2.97. The second-order valence-corrected chi connectivity index (χ2v) is 7.23. The Kier molecular flexibility index (Phi) is 7.34. The Balaban J connectivity index is 0.00000121. The Morgan fingerprint density at radius 3 is 2.77 bits per heavy atom. The molecule has 0 aromatic carbocycles. The first kappa shape index (κ1) is 19.4. The topological polar surface area (TPSA) is 57.3 Å². The van der Waals surface area contributed by atoms with Crippen molar-refractivity contribution in [1.82, 2.24) is 15.6 Å². The van der Waals surface area contributed by atoms with E-state index in [-0.39, 0.29) is 36.8 Å². The predicted molar refractivity (Wildman–Crippen MR) is 99.7 cm³/mol. The molecule has 1 aliphatic heterocycles. The second-order valence-electron chi connectivity index (χ2n) is 5.19. The van der Waals surface area contributed by atoms with E-state index in [9.17, 15) is 4.79 Å². The molecule has 1 amide bonds. The molecule has 124 valence electrons. The number of piperidine rings is 1. The van der Waals surface area contributed by atoms with Crippen LogP contribution in [-0.4, -0.2) is 44.1 Å². The van der Waals surface area contributed by atoms with E-state index >= 15 is 0 Å². The number of amides is 1. The van der Waals surface area contributed by atoms with Gasteiger partial charge in [-0.3, -0.25) is 4.79 Å². The highest BCUT2D eigenvalue weighted by molar-refractivity contribution is 7.29. The first-order valence-electron chi connectivity index (χ1n) is 6.73. The minimum atomic E-state index is 0. The van der Waals surface area contributed by atoms with Crippen LogP contribution in [0.15, 0.2) is 6.07 Å². The third kappa shape index (κ3) is 4.23. The number of aromatic nitrogens is 1. The van der Waals surface area contributed by atoms with Crippen LogP contribution in [0.4, 0.5) is 5.13 Å². The number of fused-ring (bicyclic) bond motifs is 1. The highest BCUT2D eigenvalue weighted by Gasteiger charge is 2.19. The average molecular weight is 383 g/mol. The second kappa shape index (κ2) is 8.31. The van der Waals surface area contributed by atoms with Crippen molar-refractivity contribution in [1.29, 1.82) is 0 Å². The van der Waals surface area contributed by atoms with Crippen LogP contribution < -0.4 is 15.5 Å². The molecule has 0 spiro atoms. The zero-order valence-corrected chi connectivity index (χ0v) is 15.7. The number of hydrogen-bond acceptors (Lipinski definition) is 6. The van der Waals surface area contributed by atoms with Crippen molar-refractivity contribution in [3.8, 4) is 0 Å². The van der Waals surface area contributed by atoms with Gasteiger partial charge in [-0.1, -0.05) is 11.3 Å². The molecule has 3 rings (SSSR count). The number of rotatable bonds is 3. The van der Waals surface area contributed by atoms with E-state index in [0.29, 0.717) is 0 Å². The highest BCUT2D eigenvalue weighted by Crippen LogP contribution is 2.33. The molecule has 1 atom stereocenters. The van der Waals surface area contributed by atoms with Gasteiger partial charge in [-0.15, -0.1) is 36.2 Å². The van der Waals surface area contributed by atoms with Crippen LogP contribution in [0, 0.1) is 0 Å². The smallest absolute Gasteiger partial charge is 0.261 e. The van der Waals surface area contributed by atoms with E-state index in [1.807, 2.05) is 25.1 Å². The maximum absolute atomic E-state index is 12.2. The van der Waals surface area contributed by atoms with Gasteiger partial charge in [0, 0.05) is 26.7 Å². The van der Waals surface area contributed by atoms with Crippen molar-refractivity contribution < 1.29 is 4.79 Å². The summed E-state index contributed by atoms with van der Waals surface area (Å²) in [5.41, 5.74) is 0. The van der Waals surface area contributed by atoms with Gasteiger partial charge < -0.3 is 15.5 Å². The number of hydrogen-bond donors (Lipinski definition) is 2. The molecular formula is C13H20Cl2N4OS2. The Morgan fingerprint density at radius 2 is 2.18 bits per heavy atom. The molecule has 1 aliphatic rings. The standard InChI is InChI=1S/C13H18N4OS2.2ClH/c1-17(2)13-16-12-10(20-13)6-9(19-12)11(18)15-8-4-3-5-14-7-8;;/h6,8,14H,3-5,7H2,1-2H3,(H,15,18);2*1H/t8-;;/m0../s1. The molecule has 0 bridgehead atoms. The number of carbonyl (C=O) groups is 1. The van der Waals surface area contributed by atoms with Gasteiger partial charge in [0.2, 0.25) is 0 Å². The summed E-state index contributed by atoms with van der Waals surface area (Å²) in [6.45, 7) is 1.92. The molecule has 2 N–H and O–H groups in total. The lowest BCUT2D eigenvalue weighted by molar-refractivity contribution is 0.0935. The van der Waals surface area contributed by atoms with Crippen LogP contribution >= 0.6 is 47.5 Å². The number of nitrogens with one attached hydrogen (secondary N) is 2. The number of nitrogens with zero attached hydrogens (tertiary/aromatic N) is 2. The first-order valence-corrected chi connectivity index (χ1v) is 8.36. The largest absolute Gasteiger partial charge is 0.354 e. The van der Waals surface area contributed by atoms with Crippen LogP contribution in [0.3, 0.4) is 0 Å². The normalized spacial score (nSPS) is 17.5. The van der Waals surface area contributed by atoms with E-state index in [1.54, 1.807) is 11.3 Å². The summed E-state index contributed by atoms with van der Waals surface area (Å²) in [5.74, 6) is 0.0281. The fourth-order valence-electron chi connectivity index (χ4n) is 2.26. The highest BCUT2D eigenvalue weighted by atomic mass is 35.5. The molecular weight excluding hydrogens is 363 g/mol. The molecule has 2 aromatic heterocycles. The Morgan fingerprint density at radius 1 is 1.41 bits per heavy atom. The number of carbonyl (C=O) groups excluding carboxylic acids is 1. The van der Waals surface area contributed by atoms with Gasteiger partial charge >= 0.3 is 0 Å². The molecule has 22 heavy (non-hydrogen) atoms. The molecule has 5 nitrogen and oxygen atoms in total. The van der Waals surface area contributed by atoms with Crippen molar-refractivity contribution in [2.75, 3.05) is 32.1 Å². The maximum atomic E-state index is 12.2.